The van der Waals surface area contributed by atoms with E-state index in [2.05, 4.69) is 4.99 Å². The van der Waals surface area contributed by atoms with Crippen LogP contribution in [0.15, 0.2) is 35.3 Å². The number of benzene rings is 2. The Hall–Kier alpha value is -2.55. The smallest absolute Gasteiger partial charge is 0.325 e. The van der Waals surface area contributed by atoms with Crippen molar-refractivity contribution in [3.63, 3.8) is 0 Å². The summed E-state index contributed by atoms with van der Waals surface area (Å²) in [4.78, 5) is 29.2. The van der Waals surface area contributed by atoms with E-state index in [0.717, 1.165) is 0 Å². The molecule has 1 aliphatic heterocycles. The number of esters is 1. The van der Waals surface area contributed by atoms with Crippen molar-refractivity contribution in [2.45, 2.75) is 6.54 Å². The standard InChI is InChI=1S/C19H14Cl2N2O5S/c1-26-16(24)9-23-17-12(21)7-11(20)8-15(17)29-19(23)22-18(25)10-2-3-13-14(6-10)28-5-4-27-13/h2-3,6-8H,4-5,9H2,1H3. The van der Waals surface area contributed by atoms with Crippen molar-refractivity contribution in [3.8, 4) is 11.5 Å². The summed E-state index contributed by atoms with van der Waals surface area (Å²) < 4.78 is 18.0. The van der Waals surface area contributed by atoms with Gasteiger partial charge >= 0.3 is 5.97 Å². The summed E-state index contributed by atoms with van der Waals surface area (Å²) in [7, 11) is 1.28. The fourth-order valence-electron chi connectivity index (χ4n) is 2.88. The zero-order valence-electron chi connectivity index (χ0n) is 15.1. The zero-order chi connectivity index (χ0) is 20.5. The number of carbonyl (C=O) groups is 2. The Morgan fingerprint density at radius 2 is 1.93 bits per heavy atom. The molecule has 10 heteroatoms. The molecule has 4 rings (SSSR count). The highest BCUT2D eigenvalue weighted by Gasteiger charge is 2.17. The lowest BCUT2D eigenvalue weighted by atomic mass is 10.2. The molecule has 0 radical (unpaired) electrons. The average molecular weight is 453 g/mol. The van der Waals surface area contributed by atoms with E-state index in [0.29, 0.717) is 55.3 Å². The van der Waals surface area contributed by atoms with Crippen LogP contribution in [0, 0.1) is 0 Å². The number of hydrogen-bond donors (Lipinski definition) is 0. The van der Waals surface area contributed by atoms with Crippen LogP contribution in [0.25, 0.3) is 10.2 Å². The molecule has 0 aliphatic carbocycles. The Kier molecular flexibility index (Phi) is 5.49. The van der Waals surface area contributed by atoms with E-state index < -0.39 is 11.9 Å². The van der Waals surface area contributed by atoms with Crippen LogP contribution in [0.5, 0.6) is 11.5 Å². The van der Waals surface area contributed by atoms with Gasteiger partial charge in [0.05, 0.1) is 22.3 Å². The minimum atomic E-state index is -0.496. The number of amides is 1. The SMILES string of the molecule is COC(=O)Cn1c(=NC(=O)c2ccc3c(c2)OCCO3)sc2cc(Cl)cc(Cl)c21. The second-order valence-electron chi connectivity index (χ2n) is 6.06. The van der Waals surface area contributed by atoms with Crippen molar-refractivity contribution < 1.29 is 23.8 Å². The first kappa shape index (κ1) is 19.8. The molecule has 1 amide bonds. The van der Waals surface area contributed by atoms with Crippen molar-refractivity contribution in [1.82, 2.24) is 4.57 Å². The maximum absolute atomic E-state index is 12.8. The zero-order valence-corrected chi connectivity index (χ0v) is 17.4. The monoisotopic (exact) mass is 452 g/mol. The van der Waals surface area contributed by atoms with Crippen LogP contribution < -0.4 is 14.3 Å². The van der Waals surface area contributed by atoms with E-state index >= 15 is 0 Å². The Bertz CT molecular complexity index is 1200. The lowest BCUT2D eigenvalue weighted by molar-refractivity contribution is -0.141. The Balaban J connectivity index is 1.82. The van der Waals surface area contributed by atoms with Gasteiger partial charge in [-0.15, -0.1) is 0 Å². The van der Waals surface area contributed by atoms with E-state index in [-0.39, 0.29) is 6.54 Å². The fraction of sp³-hybridized carbons (Fsp3) is 0.211. The molecular formula is C19H14Cl2N2O5S. The molecule has 1 aromatic heterocycles. The summed E-state index contributed by atoms with van der Waals surface area (Å²) in [6, 6.07) is 8.14. The van der Waals surface area contributed by atoms with Gasteiger partial charge in [-0.1, -0.05) is 34.5 Å². The van der Waals surface area contributed by atoms with Crippen LogP contribution in [0.4, 0.5) is 0 Å². The second kappa shape index (κ2) is 8.06. The Labute approximate surface area is 179 Å². The first-order valence-electron chi connectivity index (χ1n) is 8.50. The lowest BCUT2D eigenvalue weighted by Gasteiger charge is -2.18. The largest absolute Gasteiger partial charge is 0.486 e. The normalized spacial score (nSPS) is 13.6. The van der Waals surface area contributed by atoms with E-state index in [4.69, 9.17) is 37.4 Å². The molecule has 0 unspecified atom stereocenters. The van der Waals surface area contributed by atoms with Gasteiger partial charge in [-0.05, 0) is 30.3 Å². The lowest BCUT2D eigenvalue weighted by Crippen LogP contribution is -2.22. The van der Waals surface area contributed by atoms with Crippen molar-refractivity contribution >= 4 is 56.6 Å². The minimum absolute atomic E-state index is 0.148. The topological polar surface area (TPSA) is 79.1 Å². The summed E-state index contributed by atoms with van der Waals surface area (Å²) in [5, 5.41) is 0.791. The highest BCUT2D eigenvalue weighted by molar-refractivity contribution is 7.16. The number of ether oxygens (including phenoxy) is 3. The summed E-state index contributed by atoms with van der Waals surface area (Å²) in [5.74, 6) is 0.0843. The number of halogens is 2. The summed E-state index contributed by atoms with van der Waals surface area (Å²) in [6.45, 7) is 0.727. The van der Waals surface area contributed by atoms with Crippen molar-refractivity contribution in [2.24, 2.45) is 4.99 Å². The maximum atomic E-state index is 12.8. The highest BCUT2D eigenvalue weighted by atomic mass is 35.5. The molecule has 29 heavy (non-hydrogen) atoms. The van der Waals surface area contributed by atoms with Crippen molar-refractivity contribution in [1.29, 1.82) is 0 Å². The van der Waals surface area contributed by atoms with Crippen molar-refractivity contribution in [2.75, 3.05) is 20.3 Å². The maximum Gasteiger partial charge on any atom is 0.325 e. The predicted octanol–water partition coefficient (Wildman–Crippen LogP) is 3.69. The van der Waals surface area contributed by atoms with Crippen LogP contribution in [0.3, 0.4) is 0 Å². The van der Waals surface area contributed by atoms with Gasteiger partial charge in [-0.25, -0.2) is 0 Å². The molecule has 2 aromatic carbocycles. The molecule has 0 atom stereocenters. The predicted molar refractivity (Wildman–Crippen MR) is 109 cm³/mol. The fourth-order valence-corrected chi connectivity index (χ4v) is 4.69. The summed E-state index contributed by atoms with van der Waals surface area (Å²) in [6.07, 6.45) is 0. The molecule has 2 heterocycles. The Morgan fingerprint density at radius 1 is 1.17 bits per heavy atom. The second-order valence-corrected chi connectivity index (χ2v) is 7.91. The summed E-state index contributed by atoms with van der Waals surface area (Å²) >= 11 is 13.6. The van der Waals surface area contributed by atoms with Crippen molar-refractivity contribution in [3.05, 3.63) is 50.7 Å². The molecular weight excluding hydrogens is 439 g/mol. The van der Waals surface area contributed by atoms with Gasteiger partial charge in [-0.2, -0.15) is 4.99 Å². The number of rotatable bonds is 3. The minimum Gasteiger partial charge on any atom is -0.486 e. The Morgan fingerprint density at radius 3 is 2.69 bits per heavy atom. The molecule has 0 bridgehead atoms. The third kappa shape index (κ3) is 3.96. The molecule has 0 saturated heterocycles. The molecule has 0 N–H and O–H groups in total. The summed E-state index contributed by atoms with van der Waals surface area (Å²) in [5.41, 5.74) is 0.889. The van der Waals surface area contributed by atoms with E-state index in [9.17, 15) is 9.59 Å². The van der Waals surface area contributed by atoms with Crippen LogP contribution in [-0.4, -0.2) is 36.8 Å². The van der Waals surface area contributed by atoms with Crippen LogP contribution in [0.2, 0.25) is 10.0 Å². The first-order valence-corrected chi connectivity index (χ1v) is 10.1. The molecule has 0 saturated carbocycles. The van der Waals surface area contributed by atoms with Gasteiger partial charge in [0.1, 0.15) is 19.8 Å². The number of thiazole rings is 1. The number of nitrogens with zero attached hydrogens (tertiary/aromatic N) is 2. The molecule has 0 spiro atoms. The molecule has 0 fully saturated rings. The molecule has 150 valence electrons. The van der Waals surface area contributed by atoms with Crippen LogP contribution >= 0.6 is 34.5 Å². The molecule has 3 aromatic rings. The van der Waals surface area contributed by atoms with E-state index in [1.165, 1.54) is 18.4 Å². The number of methoxy groups -OCH3 is 1. The highest BCUT2D eigenvalue weighted by Crippen LogP contribution is 2.32. The van der Waals surface area contributed by atoms with Gasteiger partial charge in [0.2, 0.25) is 0 Å². The van der Waals surface area contributed by atoms with Gasteiger partial charge in [0.15, 0.2) is 16.3 Å². The number of hydrogen-bond acceptors (Lipinski definition) is 6. The van der Waals surface area contributed by atoms with Gasteiger partial charge in [0.25, 0.3) is 5.91 Å². The third-order valence-electron chi connectivity index (χ3n) is 4.20. The van der Waals surface area contributed by atoms with Crippen LogP contribution in [0.1, 0.15) is 10.4 Å². The molecule has 1 aliphatic rings. The van der Waals surface area contributed by atoms with Gasteiger partial charge in [-0.3, -0.25) is 9.59 Å². The average Bonchev–Trinajstić information content (AvgIpc) is 3.04. The first-order chi connectivity index (χ1) is 14.0. The molecule has 7 nitrogen and oxygen atoms in total. The quantitative estimate of drug-likeness (QED) is 0.566. The van der Waals surface area contributed by atoms with Crippen LogP contribution in [-0.2, 0) is 16.1 Å². The van der Waals surface area contributed by atoms with Gasteiger partial charge in [0, 0.05) is 10.6 Å². The van der Waals surface area contributed by atoms with Gasteiger partial charge < -0.3 is 18.8 Å². The van der Waals surface area contributed by atoms with E-state index in [1.54, 1.807) is 34.9 Å². The number of fused-ring (bicyclic) bond motifs is 2. The number of carbonyl (C=O) groups excluding carboxylic acids is 2. The third-order valence-corrected chi connectivity index (χ3v) is 5.73. The number of aromatic nitrogens is 1. The van der Waals surface area contributed by atoms with E-state index in [1.807, 2.05) is 0 Å².